The molecular formula is C15H14FN3S. The molecular weight excluding hydrogens is 273 g/mol. The second-order valence-electron chi connectivity index (χ2n) is 4.75. The molecule has 0 amide bonds. The molecule has 2 aromatic carbocycles. The quantitative estimate of drug-likeness (QED) is 0.688. The zero-order chi connectivity index (χ0) is 14.3. The maximum Gasteiger partial charge on any atom is 0.146 e. The van der Waals surface area contributed by atoms with Gasteiger partial charge in [-0.05, 0) is 43.7 Å². The molecule has 0 atom stereocenters. The predicted octanol–water partition coefficient (Wildman–Crippen LogP) is 4.38. The third kappa shape index (κ3) is 2.32. The number of aryl methyl sites for hydroxylation is 2. The van der Waals surface area contributed by atoms with Crippen molar-refractivity contribution < 1.29 is 4.39 Å². The number of nitrogens with one attached hydrogen (secondary N) is 1. The van der Waals surface area contributed by atoms with E-state index in [0.29, 0.717) is 17.1 Å². The van der Waals surface area contributed by atoms with Crippen molar-refractivity contribution >= 4 is 38.6 Å². The van der Waals surface area contributed by atoms with Crippen molar-refractivity contribution in [3.8, 4) is 0 Å². The lowest BCUT2D eigenvalue weighted by Crippen LogP contribution is -1.98. The van der Waals surface area contributed by atoms with Crippen molar-refractivity contribution in [3.63, 3.8) is 0 Å². The highest BCUT2D eigenvalue weighted by Gasteiger charge is 2.09. The van der Waals surface area contributed by atoms with E-state index in [1.165, 1.54) is 6.07 Å². The Labute approximate surface area is 120 Å². The normalized spacial score (nSPS) is 10.9. The highest BCUT2D eigenvalue weighted by atomic mass is 32.1. The van der Waals surface area contributed by atoms with Gasteiger partial charge in [-0.3, -0.25) is 0 Å². The summed E-state index contributed by atoms with van der Waals surface area (Å²) < 4.78 is 14.8. The first-order valence-electron chi connectivity index (χ1n) is 6.23. The van der Waals surface area contributed by atoms with Gasteiger partial charge in [-0.25, -0.2) is 9.37 Å². The van der Waals surface area contributed by atoms with Gasteiger partial charge in [0.1, 0.15) is 5.82 Å². The summed E-state index contributed by atoms with van der Waals surface area (Å²) in [4.78, 5) is 4.43. The van der Waals surface area contributed by atoms with Crippen LogP contribution in [0.2, 0.25) is 0 Å². The average molecular weight is 287 g/mol. The van der Waals surface area contributed by atoms with Gasteiger partial charge in [-0.1, -0.05) is 6.07 Å². The fourth-order valence-corrected chi connectivity index (χ4v) is 2.95. The van der Waals surface area contributed by atoms with Crippen LogP contribution in [0.15, 0.2) is 30.3 Å². The number of aromatic nitrogens is 1. The smallest absolute Gasteiger partial charge is 0.146 e. The van der Waals surface area contributed by atoms with Crippen LogP contribution in [0.5, 0.6) is 0 Å². The lowest BCUT2D eigenvalue weighted by Gasteiger charge is -2.11. The molecule has 0 bridgehead atoms. The molecule has 20 heavy (non-hydrogen) atoms. The van der Waals surface area contributed by atoms with Crippen LogP contribution in [0.4, 0.5) is 21.5 Å². The Morgan fingerprint density at radius 1 is 1.15 bits per heavy atom. The van der Waals surface area contributed by atoms with Gasteiger partial charge in [0.05, 0.1) is 32.3 Å². The van der Waals surface area contributed by atoms with Gasteiger partial charge in [0.25, 0.3) is 0 Å². The summed E-state index contributed by atoms with van der Waals surface area (Å²) in [7, 11) is 0. The van der Waals surface area contributed by atoms with E-state index in [1.54, 1.807) is 23.5 Å². The van der Waals surface area contributed by atoms with Crippen molar-refractivity contribution in [2.24, 2.45) is 0 Å². The Balaban J connectivity index is 2.05. The monoisotopic (exact) mass is 287 g/mol. The van der Waals surface area contributed by atoms with E-state index in [1.807, 2.05) is 26.0 Å². The molecule has 102 valence electrons. The summed E-state index contributed by atoms with van der Waals surface area (Å²) in [6.45, 7) is 3.87. The summed E-state index contributed by atoms with van der Waals surface area (Å²) >= 11 is 1.59. The minimum atomic E-state index is -0.301. The number of halogens is 1. The third-order valence-electron chi connectivity index (χ3n) is 3.06. The molecule has 3 N–H and O–H groups in total. The third-order valence-corrected chi connectivity index (χ3v) is 3.99. The Morgan fingerprint density at radius 2 is 1.95 bits per heavy atom. The van der Waals surface area contributed by atoms with E-state index in [0.717, 1.165) is 20.8 Å². The second kappa shape index (κ2) is 4.76. The first-order valence-corrected chi connectivity index (χ1v) is 7.04. The molecule has 0 aliphatic carbocycles. The molecule has 0 radical (unpaired) electrons. The maximum absolute atomic E-state index is 13.8. The number of nitrogens with zero attached hydrogens (tertiary/aromatic N) is 1. The molecule has 0 unspecified atom stereocenters. The van der Waals surface area contributed by atoms with Crippen molar-refractivity contribution in [1.29, 1.82) is 0 Å². The molecule has 3 nitrogen and oxygen atoms in total. The highest BCUT2D eigenvalue weighted by molar-refractivity contribution is 7.18. The van der Waals surface area contributed by atoms with E-state index >= 15 is 0 Å². The maximum atomic E-state index is 13.8. The van der Waals surface area contributed by atoms with Crippen molar-refractivity contribution in [3.05, 3.63) is 46.7 Å². The van der Waals surface area contributed by atoms with Gasteiger partial charge in [0.15, 0.2) is 0 Å². The number of rotatable bonds is 2. The van der Waals surface area contributed by atoms with Crippen molar-refractivity contribution in [1.82, 2.24) is 4.98 Å². The number of nitrogens with two attached hydrogens (primary N) is 1. The predicted molar refractivity (Wildman–Crippen MR) is 83.2 cm³/mol. The molecule has 0 aliphatic rings. The second-order valence-corrected chi connectivity index (χ2v) is 5.98. The molecule has 0 saturated carbocycles. The number of fused-ring (bicyclic) bond motifs is 1. The molecule has 1 aromatic heterocycles. The number of thiazole rings is 1. The SMILES string of the molecule is Cc1ccc(F)c(Nc2cc3nc(C)sc3cc2N)c1. The van der Waals surface area contributed by atoms with E-state index in [-0.39, 0.29) is 5.82 Å². The number of benzene rings is 2. The van der Waals surface area contributed by atoms with E-state index in [9.17, 15) is 4.39 Å². The number of hydrogen-bond acceptors (Lipinski definition) is 4. The zero-order valence-corrected chi connectivity index (χ0v) is 12.0. The molecule has 3 rings (SSSR count). The Morgan fingerprint density at radius 3 is 2.75 bits per heavy atom. The first kappa shape index (κ1) is 12.9. The van der Waals surface area contributed by atoms with Crippen molar-refractivity contribution in [2.45, 2.75) is 13.8 Å². The fourth-order valence-electron chi connectivity index (χ4n) is 2.09. The number of nitrogen functional groups attached to an aromatic ring is 1. The Bertz CT molecular complexity index is 795. The average Bonchev–Trinajstić information content (AvgIpc) is 2.73. The lowest BCUT2D eigenvalue weighted by molar-refractivity contribution is 0.631. The van der Waals surface area contributed by atoms with Crippen LogP contribution in [0.1, 0.15) is 10.6 Å². The molecule has 0 aliphatic heterocycles. The van der Waals surface area contributed by atoms with E-state index in [2.05, 4.69) is 10.3 Å². The number of hydrogen-bond donors (Lipinski definition) is 2. The van der Waals surface area contributed by atoms with Gasteiger partial charge >= 0.3 is 0 Å². The largest absolute Gasteiger partial charge is 0.397 e. The van der Waals surface area contributed by atoms with Crippen LogP contribution in [-0.4, -0.2) is 4.98 Å². The molecule has 0 saturated heterocycles. The highest BCUT2D eigenvalue weighted by Crippen LogP contribution is 2.32. The zero-order valence-electron chi connectivity index (χ0n) is 11.2. The van der Waals surface area contributed by atoms with Gasteiger partial charge < -0.3 is 11.1 Å². The molecule has 5 heteroatoms. The van der Waals surface area contributed by atoms with Gasteiger partial charge in [0.2, 0.25) is 0 Å². The Kier molecular flexibility index (Phi) is 3.06. The molecule has 3 aromatic rings. The summed E-state index contributed by atoms with van der Waals surface area (Å²) in [5.41, 5.74) is 9.56. The van der Waals surface area contributed by atoms with Crippen LogP contribution >= 0.6 is 11.3 Å². The van der Waals surface area contributed by atoms with Crippen LogP contribution in [0.3, 0.4) is 0 Å². The summed E-state index contributed by atoms with van der Waals surface area (Å²) in [5, 5.41) is 4.03. The minimum absolute atomic E-state index is 0.301. The summed E-state index contributed by atoms with van der Waals surface area (Å²) in [6.07, 6.45) is 0. The van der Waals surface area contributed by atoms with E-state index < -0.39 is 0 Å². The first-order chi connectivity index (χ1) is 9.52. The lowest BCUT2D eigenvalue weighted by atomic mass is 10.2. The van der Waals surface area contributed by atoms with Crippen LogP contribution < -0.4 is 11.1 Å². The molecule has 0 spiro atoms. The topological polar surface area (TPSA) is 50.9 Å². The van der Waals surface area contributed by atoms with Crippen molar-refractivity contribution in [2.75, 3.05) is 11.1 Å². The van der Waals surface area contributed by atoms with Crippen LogP contribution in [0.25, 0.3) is 10.2 Å². The van der Waals surface area contributed by atoms with Gasteiger partial charge in [0, 0.05) is 0 Å². The van der Waals surface area contributed by atoms with E-state index in [4.69, 9.17) is 5.73 Å². The van der Waals surface area contributed by atoms with Gasteiger partial charge in [-0.15, -0.1) is 11.3 Å². The Hall–Kier alpha value is -2.14. The van der Waals surface area contributed by atoms with Gasteiger partial charge in [-0.2, -0.15) is 0 Å². The minimum Gasteiger partial charge on any atom is -0.397 e. The number of anilines is 3. The van der Waals surface area contributed by atoms with Crippen LogP contribution in [0, 0.1) is 19.7 Å². The molecule has 0 fully saturated rings. The van der Waals surface area contributed by atoms with Crippen LogP contribution in [-0.2, 0) is 0 Å². The standard InChI is InChI=1S/C15H14FN3S/c1-8-3-4-10(16)12(5-8)19-13-7-14-15(6-11(13)17)20-9(2)18-14/h3-7,19H,17H2,1-2H3. The molecule has 1 heterocycles. The summed E-state index contributed by atoms with van der Waals surface area (Å²) in [6, 6.07) is 8.66. The summed E-state index contributed by atoms with van der Waals surface area (Å²) in [5.74, 6) is -0.301. The fraction of sp³-hybridized carbons (Fsp3) is 0.133.